The lowest BCUT2D eigenvalue weighted by atomic mass is 10.1. The van der Waals surface area contributed by atoms with E-state index in [2.05, 4.69) is 15.9 Å². The van der Waals surface area contributed by atoms with Crippen LogP contribution in [-0.4, -0.2) is 19.7 Å². The third-order valence-corrected chi connectivity index (χ3v) is 3.16. The fraction of sp³-hybridized carbons (Fsp3) is 0.417. The number of halogens is 1. The van der Waals surface area contributed by atoms with Crippen LogP contribution in [0, 0.1) is 6.92 Å². The van der Waals surface area contributed by atoms with Crippen molar-refractivity contribution in [1.82, 2.24) is 0 Å². The van der Waals surface area contributed by atoms with Crippen LogP contribution in [0.1, 0.15) is 18.1 Å². The summed E-state index contributed by atoms with van der Waals surface area (Å²) in [5, 5.41) is 0. The minimum absolute atomic E-state index is 0.223. The van der Waals surface area contributed by atoms with Crippen molar-refractivity contribution in [3.8, 4) is 5.75 Å². The average Bonchev–Trinajstić information content (AvgIpc) is 2.25. The Labute approximate surface area is 104 Å². The van der Waals surface area contributed by atoms with Gasteiger partial charge in [0.2, 0.25) is 0 Å². The lowest BCUT2D eigenvalue weighted by molar-refractivity contribution is -0.142. The molecule has 0 heterocycles. The number of methoxy groups -OCH3 is 1. The zero-order valence-corrected chi connectivity index (χ0v) is 11.3. The van der Waals surface area contributed by atoms with Crippen molar-refractivity contribution < 1.29 is 14.3 Å². The summed E-state index contributed by atoms with van der Waals surface area (Å²) in [5.41, 5.74) is 1.96. The summed E-state index contributed by atoms with van der Waals surface area (Å²) in [5.74, 6) is 0.504. The average molecular weight is 287 g/mol. The molecule has 0 radical (unpaired) electrons. The highest BCUT2D eigenvalue weighted by Crippen LogP contribution is 2.31. The molecule has 88 valence electrons. The summed E-state index contributed by atoms with van der Waals surface area (Å²) < 4.78 is 10.9. The van der Waals surface area contributed by atoms with Crippen LogP contribution in [0.25, 0.3) is 0 Å². The fourth-order valence-electron chi connectivity index (χ4n) is 1.43. The molecule has 1 rings (SSSR count). The first-order valence-electron chi connectivity index (χ1n) is 5.07. The number of carbonyl (C=O) groups excluding carboxylic acids is 1. The van der Waals surface area contributed by atoms with Crippen molar-refractivity contribution in [2.45, 2.75) is 20.3 Å². The number of carbonyl (C=O) groups is 1. The van der Waals surface area contributed by atoms with E-state index in [1.54, 1.807) is 14.0 Å². The first-order valence-corrected chi connectivity index (χ1v) is 5.87. The van der Waals surface area contributed by atoms with Gasteiger partial charge in [0, 0.05) is 0 Å². The zero-order chi connectivity index (χ0) is 12.1. The highest BCUT2D eigenvalue weighted by atomic mass is 79.9. The van der Waals surface area contributed by atoms with Crippen LogP contribution < -0.4 is 4.74 Å². The minimum atomic E-state index is -0.223. The Morgan fingerprint density at radius 2 is 2.12 bits per heavy atom. The highest BCUT2D eigenvalue weighted by molar-refractivity contribution is 9.10. The second kappa shape index (κ2) is 5.89. The molecule has 0 atom stereocenters. The lowest BCUT2D eigenvalue weighted by Gasteiger charge is -2.11. The van der Waals surface area contributed by atoms with E-state index < -0.39 is 0 Å². The van der Waals surface area contributed by atoms with E-state index in [4.69, 9.17) is 9.47 Å². The van der Waals surface area contributed by atoms with E-state index in [1.807, 2.05) is 19.1 Å². The molecule has 4 heteroatoms. The molecule has 0 aromatic heterocycles. The van der Waals surface area contributed by atoms with E-state index in [0.29, 0.717) is 6.61 Å². The Hall–Kier alpha value is -1.03. The molecule has 3 nitrogen and oxygen atoms in total. The number of hydrogen-bond donors (Lipinski definition) is 0. The van der Waals surface area contributed by atoms with Crippen LogP contribution in [0.5, 0.6) is 5.75 Å². The molecule has 1 aromatic rings. The molecule has 0 aliphatic carbocycles. The Balaban J connectivity index is 2.98. The van der Waals surface area contributed by atoms with Gasteiger partial charge in [-0.1, -0.05) is 6.07 Å². The molecule has 0 bridgehead atoms. The molecular formula is C12H15BrO3. The van der Waals surface area contributed by atoms with Gasteiger partial charge in [0.1, 0.15) is 5.75 Å². The SMILES string of the molecule is CCOC(=O)Cc1c(C)ccc(OC)c1Br. The van der Waals surface area contributed by atoms with Crippen LogP contribution in [-0.2, 0) is 16.0 Å². The molecule has 0 saturated heterocycles. The molecule has 0 saturated carbocycles. The van der Waals surface area contributed by atoms with Gasteiger partial charge in [0.15, 0.2) is 0 Å². The third-order valence-electron chi connectivity index (χ3n) is 2.29. The predicted octanol–water partition coefficient (Wildman–Crippen LogP) is 2.87. The number of benzene rings is 1. The molecule has 1 aromatic carbocycles. The molecule has 0 N–H and O–H groups in total. The fourth-order valence-corrected chi connectivity index (χ4v) is 2.17. The van der Waals surface area contributed by atoms with Gasteiger partial charge in [-0.3, -0.25) is 4.79 Å². The van der Waals surface area contributed by atoms with E-state index in [1.165, 1.54) is 0 Å². The van der Waals surface area contributed by atoms with Gasteiger partial charge >= 0.3 is 5.97 Å². The zero-order valence-electron chi connectivity index (χ0n) is 9.67. The van der Waals surface area contributed by atoms with Gasteiger partial charge in [-0.25, -0.2) is 0 Å². The van der Waals surface area contributed by atoms with Crippen molar-refractivity contribution >= 4 is 21.9 Å². The maximum atomic E-state index is 11.4. The van der Waals surface area contributed by atoms with Crippen molar-refractivity contribution in [2.24, 2.45) is 0 Å². The van der Waals surface area contributed by atoms with E-state index in [0.717, 1.165) is 21.3 Å². The maximum absolute atomic E-state index is 11.4. The number of aryl methyl sites for hydroxylation is 1. The first-order chi connectivity index (χ1) is 7.60. The number of rotatable bonds is 4. The second-order valence-electron chi connectivity index (χ2n) is 3.36. The summed E-state index contributed by atoms with van der Waals surface area (Å²) in [6, 6.07) is 3.80. The third kappa shape index (κ3) is 2.98. The monoisotopic (exact) mass is 286 g/mol. The van der Waals surface area contributed by atoms with Crippen molar-refractivity contribution in [1.29, 1.82) is 0 Å². The normalized spacial score (nSPS) is 10.0. The number of hydrogen-bond acceptors (Lipinski definition) is 3. The topological polar surface area (TPSA) is 35.5 Å². The standard InChI is InChI=1S/C12H15BrO3/c1-4-16-11(14)7-9-8(2)5-6-10(15-3)12(9)13/h5-6H,4,7H2,1-3H3. The molecule has 0 fully saturated rings. The van der Waals surface area contributed by atoms with Gasteiger partial charge in [-0.15, -0.1) is 0 Å². The second-order valence-corrected chi connectivity index (χ2v) is 4.15. The minimum Gasteiger partial charge on any atom is -0.496 e. The van der Waals surface area contributed by atoms with Crippen molar-refractivity contribution in [3.05, 3.63) is 27.7 Å². The summed E-state index contributed by atoms with van der Waals surface area (Å²) in [6.45, 7) is 4.16. The molecular weight excluding hydrogens is 272 g/mol. The van der Waals surface area contributed by atoms with Gasteiger partial charge in [0.05, 0.1) is 24.6 Å². The van der Waals surface area contributed by atoms with Crippen molar-refractivity contribution in [3.63, 3.8) is 0 Å². The van der Waals surface area contributed by atoms with Gasteiger partial charge < -0.3 is 9.47 Å². The lowest BCUT2D eigenvalue weighted by Crippen LogP contribution is -2.09. The summed E-state index contributed by atoms with van der Waals surface area (Å²) in [7, 11) is 1.60. The van der Waals surface area contributed by atoms with E-state index in [-0.39, 0.29) is 12.4 Å². The quantitative estimate of drug-likeness (QED) is 0.799. The highest BCUT2D eigenvalue weighted by Gasteiger charge is 2.13. The number of ether oxygens (including phenoxy) is 2. The van der Waals surface area contributed by atoms with Gasteiger partial charge in [-0.05, 0) is 47.0 Å². The van der Waals surface area contributed by atoms with Crippen molar-refractivity contribution in [2.75, 3.05) is 13.7 Å². The van der Waals surface area contributed by atoms with E-state index in [9.17, 15) is 4.79 Å². The Bertz CT molecular complexity index is 388. The van der Waals surface area contributed by atoms with Crippen LogP contribution in [0.15, 0.2) is 16.6 Å². The Morgan fingerprint density at radius 3 is 2.69 bits per heavy atom. The Morgan fingerprint density at radius 1 is 1.44 bits per heavy atom. The smallest absolute Gasteiger partial charge is 0.310 e. The van der Waals surface area contributed by atoms with Gasteiger partial charge in [0.25, 0.3) is 0 Å². The van der Waals surface area contributed by atoms with Gasteiger partial charge in [-0.2, -0.15) is 0 Å². The van der Waals surface area contributed by atoms with Crippen LogP contribution >= 0.6 is 15.9 Å². The molecule has 0 spiro atoms. The molecule has 0 aliphatic rings. The largest absolute Gasteiger partial charge is 0.496 e. The molecule has 0 amide bonds. The first kappa shape index (κ1) is 13.0. The van der Waals surface area contributed by atoms with Crippen LogP contribution in [0.3, 0.4) is 0 Å². The summed E-state index contributed by atoms with van der Waals surface area (Å²) in [6.07, 6.45) is 0.261. The molecule has 0 unspecified atom stereocenters. The maximum Gasteiger partial charge on any atom is 0.310 e. The summed E-state index contributed by atoms with van der Waals surface area (Å²) >= 11 is 3.44. The molecule has 16 heavy (non-hydrogen) atoms. The number of esters is 1. The van der Waals surface area contributed by atoms with Crippen LogP contribution in [0.2, 0.25) is 0 Å². The molecule has 0 aliphatic heterocycles. The van der Waals surface area contributed by atoms with E-state index >= 15 is 0 Å². The predicted molar refractivity (Wildman–Crippen MR) is 65.8 cm³/mol. The Kier molecular flexibility index (Phi) is 4.80. The summed E-state index contributed by atoms with van der Waals surface area (Å²) in [4.78, 5) is 11.4. The van der Waals surface area contributed by atoms with Crippen LogP contribution in [0.4, 0.5) is 0 Å².